The van der Waals surface area contributed by atoms with E-state index in [0.717, 1.165) is 24.6 Å². The van der Waals surface area contributed by atoms with Crippen molar-refractivity contribution in [2.45, 2.75) is 32.6 Å². The molecule has 0 aromatic carbocycles. The van der Waals surface area contributed by atoms with E-state index in [4.69, 9.17) is 23.2 Å². The Kier molecular flexibility index (Phi) is 3.84. The minimum Gasteiger partial charge on any atom is -0.357 e. The van der Waals surface area contributed by atoms with E-state index in [-0.39, 0.29) is 0 Å². The molecule has 0 bridgehead atoms. The van der Waals surface area contributed by atoms with Crippen molar-refractivity contribution in [2.75, 3.05) is 18.0 Å². The van der Waals surface area contributed by atoms with E-state index in [2.05, 4.69) is 23.7 Å². The molecule has 0 spiro atoms. The summed E-state index contributed by atoms with van der Waals surface area (Å²) in [5.41, 5.74) is 1.23. The molecule has 0 aliphatic carbocycles. The summed E-state index contributed by atoms with van der Waals surface area (Å²) in [4.78, 5) is 6.84. The van der Waals surface area contributed by atoms with Crippen LogP contribution in [-0.4, -0.2) is 18.1 Å². The number of alkyl halides is 1. The van der Waals surface area contributed by atoms with Gasteiger partial charge in [-0.1, -0.05) is 25.4 Å². The van der Waals surface area contributed by atoms with Crippen LogP contribution < -0.4 is 4.90 Å². The molecule has 1 aliphatic rings. The Bertz CT molecular complexity index is 394. The molecule has 0 unspecified atom stereocenters. The van der Waals surface area contributed by atoms with Gasteiger partial charge >= 0.3 is 0 Å². The van der Waals surface area contributed by atoms with Gasteiger partial charge in [-0.2, -0.15) is 0 Å². The monoisotopic (exact) mass is 272 g/mol. The van der Waals surface area contributed by atoms with E-state index in [1.165, 1.54) is 12.8 Å². The van der Waals surface area contributed by atoms with Crippen molar-refractivity contribution in [3.05, 3.63) is 22.8 Å². The van der Waals surface area contributed by atoms with Crippen LogP contribution in [0, 0.1) is 5.41 Å². The van der Waals surface area contributed by atoms with E-state index in [9.17, 15) is 0 Å². The Morgan fingerprint density at radius 3 is 2.53 bits per heavy atom. The number of nitrogens with zero attached hydrogens (tertiary/aromatic N) is 2. The summed E-state index contributed by atoms with van der Waals surface area (Å²) in [6, 6.07) is 3.87. The fourth-order valence-corrected chi connectivity index (χ4v) is 2.53. The van der Waals surface area contributed by atoms with E-state index < -0.39 is 0 Å². The van der Waals surface area contributed by atoms with Crippen LogP contribution in [0.15, 0.2) is 12.1 Å². The summed E-state index contributed by atoms with van der Waals surface area (Å²) in [5.74, 6) is 1.37. The number of anilines is 1. The third-order valence-corrected chi connectivity index (χ3v) is 4.07. The van der Waals surface area contributed by atoms with Gasteiger partial charge in [-0.15, -0.1) is 11.6 Å². The maximum Gasteiger partial charge on any atom is 0.128 e. The van der Waals surface area contributed by atoms with E-state index in [0.29, 0.717) is 16.3 Å². The fraction of sp³-hybridized carbons (Fsp3) is 0.615. The second-order valence-electron chi connectivity index (χ2n) is 5.38. The molecule has 1 aromatic heterocycles. The number of halogens is 2. The van der Waals surface area contributed by atoms with Gasteiger partial charge in [0.05, 0.1) is 16.6 Å². The third-order valence-electron chi connectivity index (χ3n) is 3.47. The summed E-state index contributed by atoms with van der Waals surface area (Å²) >= 11 is 11.8. The van der Waals surface area contributed by atoms with Crippen LogP contribution in [0.2, 0.25) is 5.02 Å². The molecule has 1 saturated heterocycles. The average molecular weight is 273 g/mol. The van der Waals surface area contributed by atoms with E-state index in [1.54, 1.807) is 0 Å². The Balaban J connectivity index is 2.13. The SMILES string of the molecule is CC1(C)CCN(c2ccc(Cl)c(CCl)n2)CC1. The highest BCUT2D eigenvalue weighted by atomic mass is 35.5. The lowest BCUT2D eigenvalue weighted by Gasteiger charge is -2.37. The molecule has 2 heterocycles. The Morgan fingerprint density at radius 1 is 1.29 bits per heavy atom. The van der Waals surface area contributed by atoms with Crippen molar-refractivity contribution >= 4 is 29.0 Å². The van der Waals surface area contributed by atoms with Crippen molar-refractivity contribution in [3.8, 4) is 0 Å². The number of rotatable bonds is 2. The topological polar surface area (TPSA) is 16.1 Å². The van der Waals surface area contributed by atoms with Crippen LogP contribution in [0.25, 0.3) is 0 Å². The highest BCUT2D eigenvalue weighted by molar-refractivity contribution is 6.32. The molecule has 4 heteroatoms. The normalized spacial score (nSPS) is 19.4. The number of hydrogen-bond acceptors (Lipinski definition) is 2. The maximum atomic E-state index is 6.02. The van der Waals surface area contributed by atoms with Crippen LogP contribution in [0.3, 0.4) is 0 Å². The minimum absolute atomic E-state index is 0.367. The summed E-state index contributed by atoms with van der Waals surface area (Å²) < 4.78 is 0. The van der Waals surface area contributed by atoms with Crippen molar-refractivity contribution < 1.29 is 0 Å². The number of aromatic nitrogens is 1. The Hall–Kier alpha value is -0.470. The fourth-order valence-electron chi connectivity index (χ4n) is 2.08. The van der Waals surface area contributed by atoms with Gasteiger partial charge in [0, 0.05) is 13.1 Å². The molecule has 0 saturated carbocycles. The number of hydrogen-bond donors (Lipinski definition) is 0. The molecule has 2 nitrogen and oxygen atoms in total. The van der Waals surface area contributed by atoms with Crippen LogP contribution in [0.4, 0.5) is 5.82 Å². The maximum absolute atomic E-state index is 6.02. The Labute approximate surface area is 113 Å². The highest BCUT2D eigenvalue weighted by Gasteiger charge is 2.26. The van der Waals surface area contributed by atoms with Crippen molar-refractivity contribution in [2.24, 2.45) is 5.41 Å². The molecule has 1 aromatic rings. The lowest BCUT2D eigenvalue weighted by atomic mass is 9.83. The summed E-state index contributed by atoms with van der Waals surface area (Å²) in [5, 5.41) is 0.654. The Morgan fingerprint density at radius 2 is 1.94 bits per heavy atom. The smallest absolute Gasteiger partial charge is 0.128 e. The van der Waals surface area contributed by atoms with Gasteiger partial charge in [0.25, 0.3) is 0 Å². The average Bonchev–Trinajstić information content (AvgIpc) is 2.30. The van der Waals surface area contributed by atoms with Crippen LogP contribution in [0.1, 0.15) is 32.4 Å². The lowest BCUT2D eigenvalue weighted by Crippen LogP contribution is -2.37. The van der Waals surface area contributed by atoms with Crippen molar-refractivity contribution in [3.63, 3.8) is 0 Å². The standard InChI is InChI=1S/C13H18Cl2N2/c1-13(2)5-7-17(8-6-13)12-4-3-10(15)11(9-14)16-12/h3-4H,5-9H2,1-2H3. The summed E-state index contributed by atoms with van der Waals surface area (Å²) in [6.45, 7) is 6.76. The lowest BCUT2D eigenvalue weighted by molar-refractivity contribution is 0.279. The summed E-state index contributed by atoms with van der Waals surface area (Å²) in [6.07, 6.45) is 2.40. The predicted octanol–water partition coefficient (Wildman–Crippen LogP) is 4.10. The quantitative estimate of drug-likeness (QED) is 0.754. The molecule has 94 valence electrons. The molecule has 0 radical (unpaired) electrons. The zero-order valence-electron chi connectivity index (χ0n) is 10.3. The van der Waals surface area contributed by atoms with Crippen molar-refractivity contribution in [1.82, 2.24) is 4.98 Å². The first-order chi connectivity index (χ1) is 8.02. The van der Waals surface area contributed by atoms with Gasteiger partial charge in [-0.3, -0.25) is 0 Å². The largest absolute Gasteiger partial charge is 0.357 e. The molecule has 0 atom stereocenters. The van der Waals surface area contributed by atoms with Crippen LogP contribution in [0.5, 0.6) is 0 Å². The molecule has 17 heavy (non-hydrogen) atoms. The van der Waals surface area contributed by atoms with Gasteiger partial charge in [-0.05, 0) is 30.4 Å². The van der Waals surface area contributed by atoms with Gasteiger partial charge in [0.15, 0.2) is 0 Å². The first kappa shape index (κ1) is 13.0. The molecule has 1 aliphatic heterocycles. The van der Waals surface area contributed by atoms with Gasteiger partial charge in [-0.25, -0.2) is 4.98 Å². The zero-order chi connectivity index (χ0) is 12.5. The zero-order valence-corrected chi connectivity index (χ0v) is 11.9. The third kappa shape index (κ3) is 3.05. The number of pyridine rings is 1. The molecule has 2 rings (SSSR count). The van der Waals surface area contributed by atoms with Crippen molar-refractivity contribution in [1.29, 1.82) is 0 Å². The first-order valence-corrected chi connectivity index (χ1v) is 6.89. The predicted molar refractivity (Wildman–Crippen MR) is 74.0 cm³/mol. The molecule has 0 N–H and O–H groups in total. The van der Waals surface area contributed by atoms with Gasteiger partial charge in [0.2, 0.25) is 0 Å². The van der Waals surface area contributed by atoms with E-state index >= 15 is 0 Å². The minimum atomic E-state index is 0.367. The first-order valence-electron chi connectivity index (χ1n) is 5.98. The molecular weight excluding hydrogens is 255 g/mol. The van der Waals surface area contributed by atoms with Gasteiger partial charge < -0.3 is 4.90 Å². The molecule has 0 amide bonds. The number of piperidine rings is 1. The molecule has 1 fully saturated rings. The van der Waals surface area contributed by atoms with Crippen LogP contribution >= 0.6 is 23.2 Å². The van der Waals surface area contributed by atoms with Gasteiger partial charge in [0.1, 0.15) is 5.82 Å². The van der Waals surface area contributed by atoms with E-state index in [1.807, 2.05) is 12.1 Å². The molecular formula is C13H18Cl2N2. The summed E-state index contributed by atoms with van der Waals surface area (Å²) in [7, 11) is 0. The highest BCUT2D eigenvalue weighted by Crippen LogP contribution is 2.32. The second kappa shape index (κ2) is 5.03. The van der Waals surface area contributed by atoms with Crippen LogP contribution in [-0.2, 0) is 5.88 Å². The second-order valence-corrected chi connectivity index (χ2v) is 6.06.